The number of furan rings is 1. The van der Waals surface area contributed by atoms with E-state index in [9.17, 15) is 4.79 Å². The average molecular weight is 387 g/mol. The van der Waals surface area contributed by atoms with Crippen LogP contribution in [0.25, 0.3) is 0 Å². The molecule has 1 heterocycles. The molecule has 28 heavy (non-hydrogen) atoms. The molecule has 2 aromatic rings. The molecule has 0 spiro atoms. The van der Waals surface area contributed by atoms with Gasteiger partial charge in [-0.15, -0.1) is 0 Å². The first-order chi connectivity index (χ1) is 13.5. The molecule has 0 saturated carbocycles. The number of carbonyl (C=O) groups is 1. The highest BCUT2D eigenvalue weighted by atomic mass is 16.5. The Morgan fingerprint density at radius 3 is 2.61 bits per heavy atom. The van der Waals surface area contributed by atoms with E-state index < -0.39 is 5.97 Å². The van der Waals surface area contributed by atoms with Gasteiger partial charge in [-0.3, -0.25) is 4.99 Å². The van der Waals surface area contributed by atoms with E-state index in [0.717, 1.165) is 23.3 Å². The minimum absolute atomic E-state index is 0.393. The number of benzene rings is 1. The molecule has 0 aliphatic heterocycles. The van der Waals surface area contributed by atoms with Crippen LogP contribution in [0.4, 0.5) is 0 Å². The second-order valence-corrected chi connectivity index (χ2v) is 6.41. The van der Waals surface area contributed by atoms with Crippen LogP contribution in [0.15, 0.2) is 33.7 Å². The quantitative estimate of drug-likeness (QED) is 0.411. The number of carbonyl (C=O) groups excluding carboxylic acids is 1. The summed E-state index contributed by atoms with van der Waals surface area (Å²) in [7, 11) is 3.05. The Balaban J connectivity index is 1.96. The van der Waals surface area contributed by atoms with Crippen molar-refractivity contribution in [2.24, 2.45) is 4.99 Å². The lowest BCUT2D eigenvalue weighted by Gasteiger charge is -2.15. The normalized spacial score (nSPS) is 11.2. The van der Waals surface area contributed by atoms with Crippen LogP contribution in [0.5, 0.6) is 5.75 Å². The standard InChI is InChI=1S/C21H29N3O4/c1-6-9-27-19-10-14(2)7-8-16(19)12-23-21(22-4)24-13-17-11-18(15(3)28-17)20(25)26-5/h7-8,10-11H,6,9,12-13H2,1-5H3,(H2,22,23,24). The lowest BCUT2D eigenvalue weighted by molar-refractivity contribution is 0.0599. The van der Waals surface area contributed by atoms with Gasteiger partial charge in [0.25, 0.3) is 0 Å². The molecule has 0 radical (unpaired) electrons. The van der Waals surface area contributed by atoms with Crippen molar-refractivity contribution < 1.29 is 18.7 Å². The number of aliphatic imine (C=N–C) groups is 1. The van der Waals surface area contributed by atoms with E-state index >= 15 is 0 Å². The molecule has 1 aromatic heterocycles. The van der Waals surface area contributed by atoms with Crippen molar-refractivity contribution in [3.63, 3.8) is 0 Å². The number of rotatable bonds is 8. The van der Waals surface area contributed by atoms with Crippen LogP contribution in [0, 0.1) is 13.8 Å². The minimum Gasteiger partial charge on any atom is -0.493 e. The van der Waals surface area contributed by atoms with Crippen molar-refractivity contribution in [1.29, 1.82) is 0 Å². The molecular formula is C21H29N3O4. The molecule has 0 atom stereocenters. The van der Waals surface area contributed by atoms with Gasteiger partial charge in [-0.2, -0.15) is 0 Å². The predicted molar refractivity (Wildman–Crippen MR) is 109 cm³/mol. The van der Waals surface area contributed by atoms with Crippen LogP contribution in [0.1, 0.15) is 46.3 Å². The van der Waals surface area contributed by atoms with Crippen molar-refractivity contribution in [3.05, 3.63) is 52.5 Å². The van der Waals surface area contributed by atoms with E-state index in [1.165, 1.54) is 7.11 Å². The van der Waals surface area contributed by atoms with Crippen LogP contribution in [0.3, 0.4) is 0 Å². The summed E-state index contributed by atoms with van der Waals surface area (Å²) in [5.41, 5.74) is 2.65. The molecule has 0 amide bonds. The van der Waals surface area contributed by atoms with Gasteiger partial charge in [0.15, 0.2) is 5.96 Å². The Morgan fingerprint density at radius 1 is 1.18 bits per heavy atom. The minimum atomic E-state index is -0.408. The molecule has 152 valence electrons. The fourth-order valence-corrected chi connectivity index (χ4v) is 2.67. The second-order valence-electron chi connectivity index (χ2n) is 6.41. The molecule has 0 unspecified atom stereocenters. The van der Waals surface area contributed by atoms with Crippen LogP contribution in [-0.4, -0.2) is 32.7 Å². The molecule has 2 rings (SSSR count). The maximum Gasteiger partial charge on any atom is 0.341 e. The molecule has 0 aliphatic rings. The Kier molecular flexibility index (Phi) is 7.92. The first kappa shape index (κ1) is 21.3. The van der Waals surface area contributed by atoms with E-state index in [0.29, 0.717) is 42.7 Å². The third kappa shape index (κ3) is 5.77. The monoisotopic (exact) mass is 387 g/mol. The summed E-state index contributed by atoms with van der Waals surface area (Å²) in [6.07, 6.45) is 0.958. The van der Waals surface area contributed by atoms with Gasteiger partial charge in [0.1, 0.15) is 22.8 Å². The molecule has 7 nitrogen and oxygen atoms in total. The number of nitrogens with one attached hydrogen (secondary N) is 2. The molecule has 2 N–H and O–H groups in total. The van der Waals surface area contributed by atoms with Gasteiger partial charge in [0.05, 0.1) is 20.3 Å². The Labute approximate surface area is 166 Å². The maximum atomic E-state index is 11.7. The van der Waals surface area contributed by atoms with Crippen LogP contribution in [-0.2, 0) is 17.8 Å². The third-order valence-electron chi connectivity index (χ3n) is 4.16. The van der Waals surface area contributed by atoms with Crippen molar-refractivity contribution in [2.75, 3.05) is 20.8 Å². The summed E-state index contributed by atoms with van der Waals surface area (Å²) in [4.78, 5) is 15.9. The summed E-state index contributed by atoms with van der Waals surface area (Å²) >= 11 is 0. The summed E-state index contributed by atoms with van der Waals surface area (Å²) in [6, 6.07) is 7.84. The van der Waals surface area contributed by atoms with Crippen LogP contribution in [0.2, 0.25) is 0 Å². The predicted octanol–water partition coefficient (Wildman–Crippen LogP) is 3.34. The van der Waals surface area contributed by atoms with Crippen LogP contribution >= 0.6 is 0 Å². The summed E-state index contributed by atoms with van der Waals surface area (Å²) < 4.78 is 16.2. The number of nitrogens with zero attached hydrogens (tertiary/aromatic N) is 1. The topological polar surface area (TPSA) is 85.1 Å². The van der Waals surface area contributed by atoms with E-state index in [1.807, 2.05) is 13.0 Å². The molecule has 0 bridgehead atoms. The summed E-state index contributed by atoms with van der Waals surface area (Å²) in [5.74, 6) is 2.26. The van der Waals surface area contributed by atoms with Gasteiger partial charge in [-0.25, -0.2) is 4.79 Å². The number of esters is 1. The first-order valence-electron chi connectivity index (χ1n) is 9.33. The molecule has 0 aliphatic carbocycles. The summed E-state index contributed by atoms with van der Waals surface area (Å²) in [6.45, 7) is 7.52. The molecule has 0 saturated heterocycles. The van der Waals surface area contributed by atoms with Crippen LogP contribution < -0.4 is 15.4 Å². The molecule has 7 heteroatoms. The lowest BCUT2D eigenvalue weighted by atomic mass is 10.1. The maximum absolute atomic E-state index is 11.7. The van der Waals surface area contributed by atoms with E-state index in [2.05, 4.69) is 34.7 Å². The number of aryl methyl sites for hydroxylation is 2. The van der Waals surface area contributed by atoms with Crippen molar-refractivity contribution in [1.82, 2.24) is 10.6 Å². The van der Waals surface area contributed by atoms with Gasteiger partial charge in [0, 0.05) is 19.2 Å². The number of guanidine groups is 1. The number of hydrogen-bond donors (Lipinski definition) is 2. The molecular weight excluding hydrogens is 358 g/mol. The highest BCUT2D eigenvalue weighted by Gasteiger charge is 2.15. The van der Waals surface area contributed by atoms with E-state index in [1.54, 1.807) is 20.0 Å². The fourth-order valence-electron chi connectivity index (χ4n) is 2.67. The van der Waals surface area contributed by atoms with Crippen molar-refractivity contribution in [2.45, 2.75) is 40.3 Å². The smallest absolute Gasteiger partial charge is 0.341 e. The first-order valence-corrected chi connectivity index (χ1v) is 9.33. The van der Waals surface area contributed by atoms with E-state index in [-0.39, 0.29) is 0 Å². The highest BCUT2D eigenvalue weighted by Crippen LogP contribution is 2.20. The highest BCUT2D eigenvalue weighted by molar-refractivity contribution is 5.90. The largest absolute Gasteiger partial charge is 0.493 e. The Morgan fingerprint density at radius 2 is 1.93 bits per heavy atom. The Bertz CT molecular complexity index is 827. The SMILES string of the molecule is CCCOc1cc(C)ccc1CNC(=NC)NCc1cc(C(=O)OC)c(C)o1. The molecule has 0 fully saturated rings. The van der Waals surface area contributed by atoms with Gasteiger partial charge < -0.3 is 24.5 Å². The number of ether oxygens (including phenoxy) is 2. The molecule has 1 aromatic carbocycles. The van der Waals surface area contributed by atoms with Crippen molar-refractivity contribution in [3.8, 4) is 5.75 Å². The lowest BCUT2D eigenvalue weighted by Crippen LogP contribution is -2.36. The third-order valence-corrected chi connectivity index (χ3v) is 4.16. The number of methoxy groups -OCH3 is 1. The van der Waals surface area contributed by atoms with E-state index in [4.69, 9.17) is 13.9 Å². The van der Waals surface area contributed by atoms with Gasteiger partial charge in [-0.1, -0.05) is 19.1 Å². The van der Waals surface area contributed by atoms with Crippen molar-refractivity contribution >= 4 is 11.9 Å². The fraction of sp³-hybridized carbons (Fsp3) is 0.429. The van der Waals surface area contributed by atoms with Gasteiger partial charge >= 0.3 is 5.97 Å². The zero-order valence-electron chi connectivity index (χ0n) is 17.2. The Hall–Kier alpha value is -2.96. The summed E-state index contributed by atoms with van der Waals surface area (Å²) in [5, 5.41) is 6.45. The van der Waals surface area contributed by atoms with Gasteiger partial charge in [-0.05, 0) is 38.0 Å². The second kappa shape index (κ2) is 10.4. The average Bonchev–Trinajstić information content (AvgIpc) is 3.07. The zero-order valence-corrected chi connectivity index (χ0v) is 17.2. The van der Waals surface area contributed by atoms with Gasteiger partial charge in [0.2, 0.25) is 0 Å². The zero-order chi connectivity index (χ0) is 20.5. The number of hydrogen-bond acceptors (Lipinski definition) is 5.